The predicted octanol–water partition coefficient (Wildman–Crippen LogP) is 2.75. The molecule has 1 heterocycles. The lowest BCUT2D eigenvalue weighted by Gasteiger charge is -2.45. The van der Waals surface area contributed by atoms with E-state index in [9.17, 15) is 14.3 Å². The van der Waals surface area contributed by atoms with E-state index in [1.807, 2.05) is 6.92 Å². The van der Waals surface area contributed by atoms with Crippen molar-refractivity contribution < 1.29 is 14.3 Å². The van der Waals surface area contributed by atoms with Gasteiger partial charge in [-0.3, -0.25) is 9.78 Å². The minimum absolute atomic E-state index is 0.148. The average Bonchev–Trinajstić information content (AvgIpc) is 2.55. The van der Waals surface area contributed by atoms with Gasteiger partial charge >= 0.3 is 0 Å². The molecular formula is C17H19FN2O2S. The van der Waals surface area contributed by atoms with Crippen LogP contribution >= 0.6 is 11.8 Å². The zero-order valence-corrected chi connectivity index (χ0v) is 13.7. The second-order valence-electron chi connectivity index (χ2n) is 5.80. The molecule has 122 valence electrons. The third kappa shape index (κ3) is 3.19. The Balaban J connectivity index is 1.77. The first kappa shape index (κ1) is 16.2. The number of carbonyl (C=O) groups is 1. The first-order valence-electron chi connectivity index (χ1n) is 7.70. The van der Waals surface area contributed by atoms with Gasteiger partial charge in [0.15, 0.2) is 0 Å². The SMILES string of the molecule is CCS[C@@H]1CC[C@@]1(O)CNC(=O)c1cc(F)cc2cccnc12. The molecule has 6 heteroatoms. The molecule has 0 saturated heterocycles. The van der Waals surface area contributed by atoms with Gasteiger partial charge in [-0.1, -0.05) is 13.0 Å². The summed E-state index contributed by atoms with van der Waals surface area (Å²) in [5, 5.41) is 14.0. The number of halogens is 1. The van der Waals surface area contributed by atoms with E-state index in [2.05, 4.69) is 10.3 Å². The highest BCUT2D eigenvalue weighted by Crippen LogP contribution is 2.40. The summed E-state index contributed by atoms with van der Waals surface area (Å²) < 4.78 is 13.7. The van der Waals surface area contributed by atoms with Crippen LogP contribution in [0.3, 0.4) is 0 Å². The monoisotopic (exact) mass is 334 g/mol. The number of aromatic nitrogens is 1. The molecule has 0 unspecified atom stereocenters. The number of pyridine rings is 1. The zero-order valence-electron chi connectivity index (χ0n) is 12.9. The number of benzene rings is 1. The van der Waals surface area contributed by atoms with Crippen LogP contribution < -0.4 is 5.32 Å². The van der Waals surface area contributed by atoms with E-state index >= 15 is 0 Å². The molecule has 23 heavy (non-hydrogen) atoms. The van der Waals surface area contributed by atoms with Gasteiger partial charge in [-0.15, -0.1) is 0 Å². The van der Waals surface area contributed by atoms with Gasteiger partial charge < -0.3 is 10.4 Å². The van der Waals surface area contributed by atoms with Crippen LogP contribution in [0.2, 0.25) is 0 Å². The first-order valence-corrected chi connectivity index (χ1v) is 8.75. The summed E-state index contributed by atoms with van der Waals surface area (Å²) in [5.41, 5.74) is -0.206. The number of carbonyl (C=O) groups excluding carboxylic acids is 1. The van der Waals surface area contributed by atoms with Crippen molar-refractivity contribution in [3.63, 3.8) is 0 Å². The van der Waals surface area contributed by atoms with Crippen molar-refractivity contribution >= 4 is 28.6 Å². The summed E-state index contributed by atoms with van der Waals surface area (Å²) in [6, 6.07) is 5.96. The Hall–Kier alpha value is -1.66. The molecule has 0 aliphatic heterocycles. The van der Waals surface area contributed by atoms with Crippen LogP contribution in [0.1, 0.15) is 30.1 Å². The number of hydrogen-bond acceptors (Lipinski definition) is 4. The Morgan fingerprint density at radius 1 is 1.57 bits per heavy atom. The molecule has 1 aromatic carbocycles. The summed E-state index contributed by atoms with van der Waals surface area (Å²) in [6.45, 7) is 2.22. The molecule has 4 nitrogen and oxygen atoms in total. The van der Waals surface area contributed by atoms with E-state index in [0.717, 1.165) is 12.2 Å². The van der Waals surface area contributed by atoms with E-state index in [0.29, 0.717) is 17.3 Å². The summed E-state index contributed by atoms with van der Waals surface area (Å²) in [7, 11) is 0. The molecule has 2 aromatic rings. The highest BCUT2D eigenvalue weighted by molar-refractivity contribution is 8.00. The number of hydrogen-bond donors (Lipinski definition) is 2. The molecule has 1 saturated carbocycles. The van der Waals surface area contributed by atoms with Crippen molar-refractivity contribution in [2.24, 2.45) is 0 Å². The molecule has 1 aliphatic carbocycles. The third-order valence-corrected chi connectivity index (χ3v) is 5.69. The van der Waals surface area contributed by atoms with Gasteiger partial charge in [0.2, 0.25) is 0 Å². The van der Waals surface area contributed by atoms with Crippen LogP contribution in [0.5, 0.6) is 0 Å². The number of fused-ring (bicyclic) bond motifs is 1. The van der Waals surface area contributed by atoms with Gasteiger partial charge in [0.05, 0.1) is 16.7 Å². The van der Waals surface area contributed by atoms with E-state index < -0.39 is 17.3 Å². The van der Waals surface area contributed by atoms with Crippen molar-refractivity contribution in [2.75, 3.05) is 12.3 Å². The zero-order chi connectivity index (χ0) is 16.4. The third-order valence-electron chi connectivity index (χ3n) is 4.28. The molecule has 0 bridgehead atoms. The molecule has 1 aromatic heterocycles. The maximum atomic E-state index is 13.7. The lowest BCUT2D eigenvalue weighted by atomic mass is 9.79. The standard InChI is InChI=1S/C17H19FN2O2S/c1-2-23-14-5-6-17(14,22)10-20-16(21)13-9-12(18)8-11-4-3-7-19-15(11)13/h3-4,7-9,14,22H,2,5-6,10H2,1H3,(H,20,21)/t14-,17-/m1/s1. The predicted molar refractivity (Wildman–Crippen MR) is 90.1 cm³/mol. The van der Waals surface area contributed by atoms with Crippen LogP contribution in [-0.2, 0) is 0 Å². The highest BCUT2D eigenvalue weighted by Gasteiger charge is 2.45. The molecule has 3 rings (SSSR count). The van der Waals surface area contributed by atoms with Gasteiger partial charge in [0.25, 0.3) is 5.91 Å². The molecule has 1 amide bonds. The fourth-order valence-electron chi connectivity index (χ4n) is 2.89. The van der Waals surface area contributed by atoms with Crippen LogP contribution in [0.15, 0.2) is 30.5 Å². The van der Waals surface area contributed by atoms with Crippen LogP contribution in [0.4, 0.5) is 4.39 Å². The van der Waals surface area contributed by atoms with E-state index in [4.69, 9.17) is 0 Å². The number of rotatable bonds is 5. The quantitative estimate of drug-likeness (QED) is 0.883. The van der Waals surface area contributed by atoms with Gasteiger partial charge in [0, 0.05) is 23.4 Å². The van der Waals surface area contributed by atoms with Crippen molar-refractivity contribution in [3.05, 3.63) is 41.8 Å². The number of nitrogens with one attached hydrogen (secondary N) is 1. The smallest absolute Gasteiger partial charge is 0.253 e. The normalized spacial score (nSPS) is 23.5. The van der Waals surface area contributed by atoms with Crippen LogP contribution in [0, 0.1) is 5.82 Å². The van der Waals surface area contributed by atoms with E-state index in [1.165, 1.54) is 12.1 Å². The number of thioether (sulfide) groups is 1. The maximum Gasteiger partial charge on any atom is 0.253 e. The molecule has 1 aliphatic rings. The van der Waals surface area contributed by atoms with Gasteiger partial charge in [-0.2, -0.15) is 11.8 Å². The van der Waals surface area contributed by atoms with Gasteiger partial charge in [-0.25, -0.2) is 4.39 Å². The second-order valence-corrected chi connectivity index (χ2v) is 7.28. The Kier molecular flexibility index (Phi) is 4.55. The molecule has 0 radical (unpaired) electrons. The summed E-state index contributed by atoms with van der Waals surface area (Å²) in [4.78, 5) is 16.6. The average molecular weight is 334 g/mol. The van der Waals surface area contributed by atoms with E-state index in [1.54, 1.807) is 30.1 Å². The molecular weight excluding hydrogens is 315 g/mol. The Morgan fingerprint density at radius 2 is 2.39 bits per heavy atom. The molecule has 2 N–H and O–H groups in total. The van der Waals surface area contributed by atoms with Crippen molar-refractivity contribution in [1.82, 2.24) is 10.3 Å². The van der Waals surface area contributed by atoms with Gasteiger partial charge in [-0.05, 0) is 36.8 Å². The fraction of sp³-hybridized carbons (Fsp3) is 0.412. The Bertz CT molecular complexity index is 740. The molecule has 2 atom stereocenters. The van der Waals surface area contributed by atoms with Crippen molar-refractivity contribution in [2.45, 2.75) is 30.6 Å². The largest absolute Gasteiger partial charge is 0.387 e. The van der Waals surface area contributed by atoms with Gasteiger partial charge in [0.1, 0.15) is 5.82 Å². The van der Waals surface area contributed by atoms with Crippen LogP contribution in [0.25, 0.3) is 10.9 Å². The number of nitrogens with zero attached hydrogens (tertiary/aromatic N) is 1. The minimum atomic E-state index is -0.868. The lowest BCUT2D eigenvalue weighted by molar-refractivity contribution is -0.0221. The summed E-state index contributed by atoms with van der Waals surface area (Å²) >= 11 is 1.70. The maximum absolute atomic E-state index is 13.7. The molecule has 1 fully saturated rings. The number of amides is 1. The Labute approximate surface area is 138 Å². The first-order chi connectivity index (χ1) is 11.0. The topological polar surface area (TPSA) is 62.2 Å². The summed E-state index contributed by atoms with van der Waals surface area (Å²) in [6.07, 6.45) is 3.20. The van der Waals surface area contributed by atoms with Crippen LogP contribution in [-0.4, -0.2) is 39.1 Å². The second kappa shape index (κ2) is 6.45. The van der Waals surface area contributed by atoms with E-state index in [-0.39, 0.29) is 17.4 Å². The number of aliphatic hydroxyl groups is 1. The highest BCUT2D eigenvalue weighted by atomic mass is 32.2. The lowest BCUT2D eigenvalue weighted by Crippen LogP contribution is -2.57. The van der Waals surface area contributed by atoms with Crippen molar-refractivity contribution in [1.29, 1.82) is 0 Å². The van der Waals surface area contributed by atoms with Crippen molar-refractivity contribution in [3.8, 4) is 0 Å². The minimum Gasteiger partial charge on any atom is -0.387 e. The fourth-order valence-corrected chi connectivity index (χ4v) is 4.09. The molecule has 0 spiro atoms. The summed E-state index contributed by atoms with van der Waals surface area (Å²) in [5.74, 6) is 0.0468. The Morgan fingerprint density at radius 3 is 3.09 bits per heavy atom.